The molecule has 98 valence electrons. The molecular weight excluding hydrogens is 306 g/mol. The van der Waals surface area contributed by atoms with Gasteiger partial charge in [0.15, 0.2) is 10.8 Å². The van der Waals surface area contributed by atoms with Crippen LogP contribution in [0.15, 0.2) is 21.4 Å². The molecule has 1 aliphatic rings. The fraction of sp³-hybridized carbons (Fsp3) is 0.455. The summed E-state index contributed by atoms with van der Waals surface area (Å²) in [5, 5.41) is 0. The molecule has 7 heteroatoms. The van der Waals surface area contributed by atoms with Gasteiger partial charge in [-0.25, -0.2) is 4.79 Å². The molecule has 1 aromatic rings. The highest BCUT2D eigenvalue weighted by Crippen LogP contribution is 2.20. The lowest BCUT2D eigenvalue weighted by Crippen LogP contribution is -2.48. The number of hydrogen-bond acceptors (Lipinski definition) is 5. The summed E-state index contributed by atoms with van der Waals surface area (Å²) in [6.07, 6.45) is 0.702. The Morgan fingerprint density at radius 2 is 2.33 bits per heavy atom. The van der Waals surface area contributed by atoms with Gasteiger partial charge in [-0.2, -0.15) is 0 Å². The van der Waals surface area contributed by atoms with Crippen molar-refractivity contribution in [3.8, 4) is 0 Å². The molecule has 6 nitrogen and oxygen atoms in total. The van der Waals surface area contributed by atoms with E-state index < -0.39 is 12.1 Å². The van der Waals surface area contributed by atoms with Crippen LogP contribution < -0.4 is 0 Å². The number of halogens is 1. The van der Waals surface area contributed by atoms with Crippen LogP contribution >= 0.6 is 15.9 Å². The first kappa shape index (κ1) is 13.1. The predicted octanol–water partition coefficient (Wildman–Crippen LogP) is 1.06. The molecule has 0 spiro atoms. The number of furan rings is 1. The van der Waals surface area contributed by atoms with Crippen molar-refractivity contribution in [1.29, 1.82) is 0 Å². The van der Waals surface area contributed by atoms with Crippen molar-refractivity contribution < 1.29 is 23.5 Å². The third-order valence-electron chi connectivity index (χ3n) is 2.67. The lowest BCUT2D eigenvalue weighted by Gasteiger charge is -2.31. The molecule has 1 saturated heterocycles. The Morgan fingerprint density at radius 3 is 2.94 bits per heavy atom. The van der Waals surface area contributed by atoms with Crippen LogP contribution in [0.1, 0.15) is 10.4 Å². The van der Waals surface area contributed by atoms with Crippen molar-refractivity contribution in [2.45, 2.75) is 6.10 Å². The lowest BCUT2D eigenvalue weighted by molar-refractivity contribution is -0.158. The third kappa shape index (κ3) is 2.56. The van der Waals surface area contributed by atoms with Crippen LogP contribution in [-0.2, 0) is 14.3 Å². The second-order valence-corrected chi connectivity index (χ2v) is 4.46. The van der Waals surface area contributed by atoms with Gasteiger partial charge in [0.05, 0.1) is 32.1 Å². The molecule has 2 heterocycles. The molecule has 0 N–H and O–H groups in total. The lowest BCUT2D eigenvalue weighted by atomic mass is 10.2. The first-order valence-electron chi connectivity index (χ1n) is 5.35. The Balaban J connectivity index is 2.07. The minimum atomic E-state index is -0.724. The molecule has 1 aliphatic heterocycles. The van der Waals surface area contributed by atoms with Gasteiger partial charge in [-0.3, -0.25) is 4.79 Å². The van der Waals surface area contributed by atoms with Crippen LogP contribution in [0.4, 0.5) is 0 Å². The standard InChI is InChI=1S/C11H12BrNO5/c1-16-11(15)8-6-13(3-5-17-8)10(14)7-2-4-18-9(7)12/h2,4,8H,3,5-6H2,1H3. The smallest absolute Gasteiger partial charge is 0.336 e. The van der Waals surface area contributed by atoms with E-state index in [0.717, 1.165) is 0 Å². The molecule has 0 aliphatic carbocycles. The van der Waals surface area contributed by atoms with Gasteiger partial charge in [-0.15, -0.1) is 0 Å². The van der Waals surface area contributed by atoms with Crippen molar-refractivity contribution in [3.05, 3.63) is 22.6 Å². The first-order chi connectivity index (χ1) is 8.63. The van der Waals surface area contributed by atoms with Crippen LogP contribution in [-0.4, -0.2) is 49.7 Å². The molecular formula is C11H12BrNO5. The number of morpholine rings is 1. The van der Waals surface area contributed by atoms with Crippen molar-refractivity contribution in [3.63, 3.8) is 0 Å². The summed E-state index contributed by atoms with van der Waals surface area (Å²) in [4.78, 5) is 25.1. The molecule has 18 heavy (non-hydrogen) atoms. The zero-order chi connectivity index (χ0) is 13.1. The number of amides is 1. The number of hydrogen-bond donors (Lipinski definition) is 0. The third-order valence-corrected chi connectivity index (χ3v) is 3.28. The predicted molar refractivity (Wildman–Crippen MR) is 64.1 cm³/mol. The maximum absolute atomic E-state index is 12.2. The van der Waals surface area contributed by atoms with Gasteiger partial charge in [0.25, 0.3) is 5.91 Å². The van der Waals surface area contributed by atoms with E-state index >= 15 is 0 Å². The van der Waals surface area contributed by atoms with E-state index in [1.54, 1.807) is 11.0 Å². The number of ether oxygens (including phenoxy) is 2. The monoisotopic (exact) mass is 317 g/mol. The molecule has 1 amide bonds. The van der Waals surface area contributed by atoms with Gasteiger partial charge in [0.2, 0.25) is 0 Å². The Hall–Kier alpha value is -1.34. The second-order valence-electron chi connectivity index (χ2n) is 3.74. The average Bonchev–Trinajstić information content (AvgIpc) is 2.83. The largest absolute Gasteiger partial charge is 0.467 e. The second kappa shape index (κ2) is 5.53. The van der Waals surface area contributed by atoms with Crippen LogP contribution in [0.5, 0.6) is 0 Å². The fourth-order valence-electron chi connectivity index (χ4n) is 1.72. The van der Waals surface area contributed by atoms with Crippen molar-refractivity contribution in [1.82, 2.24) is 4.90 Å². The van der Waals surface area contributed by atoms with Gasteiger partial charge in [0, 0.05) is 6.54 Å². The highest BCUT2D eigenvalue weighted by atomic mass is 79.9. The van der Waals surface area contributed by atoms with Gasteiger partial charge in [-0.1, -0.05) is 0 Å². The molecule has 1 aromatic heterocycles. The minimum absolute atomic E-state index is 0.184. The topological polar surface area (TPSA) is 69.0 Å². The summed E-state index contributed by atoms with van der Waals surface area (Å²) in [6.45, 7) is 0.925. The molecule has 0 aromatic carbocycles. The number of carbonyl (C=O) groups is 2. The zero-order valence-corrected chi connectivity index (χ0v) is 11.3. The van der Waals surface area contributed by atoms with Gasteiger partial charge >= 0.3 is 5.97 Å². The summed E-state index contributed by atoms with van der Waals surface area (Å²) < 4.78 is 15.3. The van der Waals surface area contributed by atoms with Crippen molar-refractivity contribution in [2.75, 3.05) is 26.8 Å². The van der Waals surface area contributed by atoms with Crippen LogP contribution in [0.2, 0.25) is 0 Å². The molecule has 1 atom stereocenters. The molecule has 0 radical (unpaired) electrons. The SMILES string of the molecule is COC(=O)C1CN(C(=O)c2ccoc2Br)CCO1. The summed E-state index contributed by atoms with van der Waals surface area (Å²) in [5.41, 5.74) is 0.431. The summed E-state index contributed by atoms with van der Waals surface area (Å²) in [7, 11) is 1.29. The van der Waals surface area contributed by atoms with E-state index in [-0.39, 0.29) is 12.5 Å². The molecule has 0 bridgehead atoms. The number of nitrogens with zero attached hydrogens (tertiary/aromatic N) is 1. The van der Waals surface area contributed by atoms with Crippen LogP contribution in [0.25, 0.3) is 0 Å². The number of esters is 1. The van der Waals surface area contributed by atoms with Crippen LogP contribution in [0, 0.1) is 0 Å². The number of methoxy groups -OCH3 is 1. The fourth-order valence-corrected chi connectivity index (χ4v) is 2.13. The van der Waals surface area contributed by atoms with E-state index in [0.29, 0.717) is 23.4 Å². The average molecular weight is 318 g/mol. The Bertz CT molecular complexity index is 458. The van der Waals surface area contributed by atoms with Crippen molar-refractivity contribution >= 4 is 27.8 Å². The zero-order valence-electron chi connectivity index (χ0n) is 9.72. The molecule has 1 fully saturated rings. The Kier molecular flexibility index (Phi) is 4.03. The number of rotatable bonds is 2. The van der Waals surface area contributed by atoms with Crippen molar-refractivity contribution in [2.24, 2.45) is 0 Å². The van der Waals surface area contributed by atoms with E-state index in [1.165, 1.54) is 13.4 Å². The molecule has 2 rings (SSSR count). The van der Waals surface area contributed by atoms with Gasteiger partial charge in [0.1, 0.15) is 0 Å². The van der Waals surface area contributed by atoms with E-state index in [4.69, 9.17) is 9.15 Å². The molecule has 0 saturated carbocycles. The Labute approximate surface area is 112 Å². The van der Waals surface area contributed by atoms with Gasteiger partial charge < -0.3 is 18.8 Å². The highest BCUT2D eigenvalue weighted by molar-refractivity contribution is 9.10. The van der Waals surface area contributed by atoms with E-state index in [9.17, 15) is 9.59 Å². The highest BCUT2D eigenvalue weighted by Gasteiger charge is 2.31. The maximum Gasteiger partial charge on any atom is 0.336 e. The van der Waals surface area contributed by atoms with E-state index in [1.807, 2.05) is 0 Å². The Morgan fingerprint density at radius 1 is 1.56 bits per heavy atom. The van der Waals surface area contributed by atoms with E-state index in [2.05, 4.69) is 20.7 Å². The van der Waals surface area contributed by atoms with Gasteiger partial charge in [-0.05, 0) is 22.0 Å². The summed E-state index contributed by atoms with van der Waals surface area (Å²) >= 11 is 3.15. The first-order valence-corrected chi connectivity index (χ1v) is 6.14. The summed E-state index contributed by atoms with van der Waals surface area (Å²) in [5.74, 6) is -0.674. The summed E-state index contributed by atoms with van der Waals surface area (Å²) in [6, 6.07) is 1.58. The van der Waals surface area contributed by atoms with Crippen LogP contribution in [0.3, 0.4) is 0 Å². The maximum atomic E-state index is 12.2. The number of carbonyl (C=O) groups excluding carboxylic acids is 2. The quantitative estimate of drug-likeness (QED) is 0.763. The normalized spacial score (nSPS) is 19.7. The minimum Gasteiger partial charge on any atom is -0.467 e. The molecule has 1 unspecified atom stereocenters.